The number of para-hydroxylation sites is 3. The summed E-state index contributed by atoms with van der Waals surface area (Å²) >= 11 is 0. The van der Waals surface area contributed by atoms with Gasteiger partial charge in [0.2, 0.25) is 11.9 Å². The molecule has 166 valence electrons. The van der Waals surface area contributed by atoms with E-state index >= 15 is 0 Å². The van der Waals surface area contributed by atoms with E-state index in [4.69, 9.17) is 15.0 Å². The third-order valence-corrected chi connectivity index (χ3v) is 6.48. The maximum absolute atomic E-state index is 4.96. The Morgan fingerprint density at radius 3 is 2.06 bits per heavy atom. The van der Waals surface area contributed by atoms with E-state index in [2.05, 4.69) is 39.8 Å². The summed E-state index contributed by atoms with van der Waals surface area (Å²) in [6.45, 7) is 2.05. The van der Waals surface area contributed by atoms with Gasteiger partial charge in [-0.15, -0.1) is 0 Å². The number of piperidine rings is 1. The third kappa shape index (κ3) is 5.01. The van der Waals surface area contributed by atoms with Crippen LogP contribution in [-0.4, -0.2) is 28.0 Å². The van der Waals surface area contributed by atoms with Crippen LogP contribution in [0.1, 0.15) is 63.1 Å². The van der Waals surface area contributed by atoms with Gasteiger partial charge in [0.15, 0.2) is 0 Å². The van der Waals surface area contributed by atoms with E-state index in [1.54, 1.807) is 0 Å². The number of anilines is 5. The molecule has 2 heterocycles. The molecule has 0 bridgehead atoms. The van der Waals surface area contributed by atoms with Gasteiger partial charge in [0.05, 0.1) is 11.4 Å². The molecular formula is C26H32N6. The first-order chi connectivity index (χ1) is 15.8. The van der Waals surface area contributed by atoms with Crippen molar-refractivity contribution in [2.24, 2.45) is 0 Å². The maximum atomic E-state index is 4.96. The zero-order chi connectivity index (χ0) is 21.6. The first-order valence-electron chi connectivity index (χ1n) is 12.0. The second kappa shape index (κ2) is 9.98. The number of nitrogens with one attached hydrogen (secondary N) is 2. The van der Waals surface area contributed by atoms with E-state index in [1.165, 1.54) is 51.4 Å². The zero-order valence-corrected chi connectivity index (χ0v) is 18.6. The molecule has 1 aliphatic heterocycles. The molecule has 3 aromatic rings. The summed E-state index contributed by atoms with van der Waals surface area (Å²) < 4.78 is 0. The van der Waals surface area contributed by atoms with E-state index in [0.717, 1.165) is 41.9 Å². The number of hydrogen-bond donors (Lipinski definition) is 2. The molecule has 0 amide bonds. The van der Waals surface area contributed by atoms with Crippen molar-refractivity contribution in [3.05, 3.63) is 60.4 Å². The quantitative estimate of drug-likeness (QED) is 0.474. The molecule has 2 aliphatic rings. The lowest BCUT2D eigenvalue weighted by Gasteiger charge is -2.28. The van der Waals surface area contributed by atoms with Crippen molar-refractivity contribution in [3.63, 3.8) is 0 Å². The summed E-state index contributed by atoms with van der Waals surface area (Å²) in [5, 5.41) is 7.00. The van der Waals surface area contributed by atoms with Gasteiger partial charge < -0.3 is 15.5 Å². The highest BCUT2D eigenvalue weighted by Crippen LogP contribution is 2.33. The molecule has 6 nitrogen and oxygen atoms in total. The molecule has 1 aliphatic carbocycles. The fourth-order valence-electron chi connectivity index (χ4n) is 4.71. The molecule has 0 unspecified atom stereocenters. The molecule has 1 saturated heterocycles. The minimum absolute atomic E-state index is 0.438. The Hall–Kier alpha value is -3.15. The zero-order valence-electron chi connectivity index (χ0n) is 18.6. The topological polar surface area (TPSA) is 66.0 Å². The van der Waals surface area contributed by atoms with Gasteiger partial charge in [-0.1, -0.05) is 49.6 Å². The van der Waals surface area contributed by atoms with Gasteiger partial charge in [0.1, 0.15) is 5.82 Å². The predicted octanol–water partition coefficient (Wildman–Crippen LogP) is 6.40. The van der Waals surface area contributed by atoms with Crippen molar-refractivity contribution in [3.8, 4) is 0 Å². The molecule has 2 N–H and O–H groups in total. The van der Waals surface area contributed by atoms with Crippen LogP contribution in [0, 0.1) is 0 Å². The minimum atomic E-state index is 0.438. The van der Waals surface area contributed by atoms with Crippen LogP contribution in [-0.2, 0) is 0 Å². The lowest BCUT2D eigenvalue weighted by molar-refractivity contribution is 0.427. The smallest absolute Gasteiger partial charge is 0.232 e. The molecule has 2 fully saturated rings. The Morgan fingerprint density at radius 2 is 1.31 bits per heavy atom. The highest BCUT2D eigenvalue weighted by atomic mass is 15.3. The summed E-state index contributed by atoms with van der Waals surface area (Å²) in [5.74, 6) is 2.87. The molecule has 2 aromatic carbocycles. The van der Waals surface area contributed by atoms with E-state index in [9.17, 15) is 0 Å². The van der Waals surface area contributed by atoms with E-state index < -0.39 is 0 Å². The molecule has 0 radical (unpaired) electrons. The minimum Gasteiger partial charge on any atom is -0.354 e. The van der Waals surface area contributed by atoms with Gasteiger partial charge in [0.25, 0.3) is 0 Å². The van der Waals surface area contributed by atoms with Gasteiger partial charge in [-0.3, -0.25) is 0 Å². The van der Waals surface area contributed by atoms with E-state index in [-0.39, 0.29) is 0 Å². The van der Waals surface area contributed by atoms with Gasteiger partial charge in [-0.05, 0) is 56.4 Å². The van der Waals surface area contributed by atoms with Crippen molar-refractivity contribution in [1.29, 1.82) is 0 Å². The number of rotatable bonds is 6. The summed E-state index contributed by atoms with van der Waals surface area (Å²) in [7, 11) is 0. The van der Waals surface area contributed by atoms with E-state index in [0.29, 0.717) is 11.9 Å². The Kier molecular flexibility index (Phi) is 6.47. The maximum Gasteiger partial charge on any atom is 0.232 e. The summed E-state index contributed by atoms with van der Waals surface area (Å²) in [5.41, 5.74) is 3.01. The average Bonchev–Trinajstić information content (AvgIpc) is 2.87. The van der Waals surface area contributed by atoms with Crippen molar-refractivity contribution < 1.29 is 0 Å². The van der Waals surface area contributed by atoms with Crippen molar-refractivity contribution >= 4 is 29.0 Å². The Bertz CT molecular complexity index is 974. The van der Waals surface area contributed by atoms with Crippen LogP contribution in [0.4, 0.5) is 29.0 Å². The van der Waals surface area contributed by atoms with Gasteiger partial charge in [-0.25, -0.2) is 0 Å². The van der Waals surface area contributed by atoms with Crippen LogP contribution in [0.25, 0.3) is 0 Å². The molecule has 1 saturated carbocycles. The number of benzene rings is 2. The lowest BCUT2D eigenvalue weighted by Crippen LogP contribution is -2.31. The van der Waals surface area contributed by atoms with Gasteiger partial charge in [-0.2, -0.15) is 15.0 Å². The summed E-state index contributed by atoms with van der Waals surface area (Å²) in [4.78, 5) is 17.1. The SMILES string of the molecule is c1ccc(Nc2ccccc2Nc2nc(C3CCCCC3)nc(N3CCCCC3)n2)cc1. The summed E-state index contributed by atoms with van der Waals surface area (Å²) in [6, 6.07) is 18.4. The molecular weight excluding hydrogens is 396 g/mol. The molecule has 5 rings (SSSR count). The fourth-order valence-corrected chi connectivity index (χ4v) is 4.71. The second-order valence-electron chi connectivity index (χ2n) is 8.86. The number of aromatic nitrogens is 3. The highest BCUT2D eigenvalue weighted by molar-refractivity contribution is 5.76. The Balaban J connectivity index is 1.45. The normalized spacial score (nSPS) is 17.2. The monoisotopic (exact) mass is 428 g/mol. The Labute approximate surface area is 190 Å². The van der Waals surface area contributed by atoms with Gasteiger partial charge >= 0.3 is 0 Å². The highest BCUT2D eigenvalue weighted by Gasteiger charge is 2.23. The molecule has 1 aromatic heterocycles. The number of nitrogens with zero attached hydrogens (tertiary/aromatic N) is 4. The van der Waals surface area contributed by atoms with Crippen LogP contribution in [0.15, 0.2) is 54.6 Å². The van der Waals surface area contributed by atoms with E-state index in [1.807, 2.05) is 30.3 Å². The lowest BCUT2D eigenvalue weighted by atomic mass is 9.89. The van der Waals surface area contributed by atoms with Crippen LogP contribution in [0.5, 0.6) is 0 Å². The molecule has 0 spiro atoms. The van der Waals surface area contributed by atoms with Crippen LogP contribution >= 0.6 is 0 Å². The fraction of sp³-hybridized carbons (Fsp3) is 0.423. The first-order valence-corrected chi connectivity index (χ1v) is 12.0. The largest absolute Gasteiger partial charge is 0.354 e. The first kappa shape index (κ1) is 20.7. The average molecular weight is 429 g/mol. The van der Waals surface area contributed by atoms with Crippen LogP contribution in [0.3, 0.4) is 0 Å². The summed E-state index contributed by atoms with van der Waals surface area (Å²) in [6.07, 6.45) is 9.91. The standard InChI is InChI=1S/C26H32N6/c1-4-12-20(13-5-1)24-29-25(31-26(30-24)32-18-10-3-11-19-32)28-23-17-9-8-16-22(23)27-21-14-6-2-7-15-21/h2,6-9,14-17,20,27H,1,3-5,10-13,18-19H2,(H,28,29,30,31). The van der Waals surface area contributed by atoms with Gasteiger partial charge in [0, 0.05) is 24.7 Å². The molecule has 32 heavy (non-hydrogen) atoms. The third-order valence-electron chi connectivity index (χ3n) is 6.48. The van der Waals surface area contributed by atoms with Crippen molar-refractivity contribution in [1.82, 2.24) is 15.0 Å². The molecule has 6 heteroatoms. The van der Waals surface area contributed by atoms with Crippen LogP contribution < -0.4 is 15.5 Å². The van der Waals surface area contributed by atoms with Crippen LogP contribution in [0.2, 0.25) is 0 Å². The number of hydrogen-bond acceptors (Lipinski definition) is 6. The van der Waals surface area contributed by atoms with Crippen molar-refractivity contribution in [2.45, 2.75) is 57.3 Å². The van der Waals surface area contributed by atoms with Crippen molar-refractivity contribution in [2.75, 3.05) is 28.6 Å². The molecule has 0 atom stereocenters. The second-order valence-corrected chi connectivity index (χ2v) is 8.86. The Morgan fingerprint density at radius 1 is 0.656 bits per heavy atom. The predicted molar refractivity (Wildman–Crippen MR) is 131 cm³/mol.